The van der Waals surface area contributed by atoms with E-state index in [1.807, 2.05) is 42.5 Å². The normalized spacial score (nSPS) is 10.8. The number of nitriles is 1. The molecule has 3 aromatic rings. The summed E-state index contributed by atoms with van der Waals surface area (Å²) in [5, 5.41) is 25.4. The monoisotopic (exact) mass is 346 g/mol. The fourth-order valence-corrected chi connectivity index (χ4v) is 2.25. The van der Waals surface area contributed by atoms with Crippen LogP contribution in [0.3, 0.4) is 0 Å². The van der Waals surface area contributed by atoms with Crippen molar-refractivity contribution in [2.24, 2.45) is 0 Å². The second-order valence-corrected chi connectivity index (χ2v) is 5.20. The van der Waals surface area contributed by atoms with Crippen molar-refractivity contribution in [2.45, 2.75) is 0 Å². The van der Waals surface area contributed by atoms with Gasteiger partial charge in [-0.15, -0.1) is 10.2 Å². The number of carbonyl (C=O) groups is 1. The van der Waals surface area contributed by atoms with Crippen molar-refractivity contribution in [3.05, 3.63) is 66.1 Å². The summed E-state index contributed by atoms with van der Waals surface area (Å²) in [5.41, 5.74) is 3.54. The molecule has 0 aliphatic rings. The summed E-state index contributed by atoms with van der Waals surface area (Å²) < 4.78 is 4.69. The molecule has 26 heavy (non-hydrogen) atoms. The molecule has 0 saturated heterocycles. The van der Waals surface area contributed by atoms with Crippen molar-refractivity contribution >= 4 is 17.2 Å². The highest BCUT2D eigenvalue weighted by molar-refractivity contribution is 5.90. The van der Waals surface area contributed by atoms with Crippen molar-refractivity contribution < 1.29 is 9.53 Å². The number of tetrazole rings is 1. The molecule has 3 rings (SSSR count). The standard InChI is InChI=1S/C18H14N6O2/c1-26-18(25)14-4-2-12(3-5-14)13-6-8-16(9-7-13)20-11-15(10-19)17-21-23-24-22-17/h2-9,11,20H,1H3,(H,21,22,23,24). The van der Waals surface area contributed by atoms with Crippen LogP contribution >= 0.6 is 0 Å². The molecule has 0 fully saturated rings. The Hall–Kier alpha value is -3.99. The lowest BCUT2D eigenvalue weighted by molar-refractivity contribution is 0.0601. The van der Waals surface area contributed by atoms with Gasteiger partial charge in [-0.3, -0.25) is 0 Å². The van der Waals surface area contributed by atoms with Crippen LogP contribution in [-0.2, 0) is 4.74 Å². The number of methoxy groups -OCH3 is 1. The van der Waals surface area contributed by atoms with Gasteiger partial charge in [0.25, 0.3) is 0 Å². The van der Waals surface area contributed by atoms with E-state index in [1.165, 1.54) is 13.3 Å². The number of carbonyl (C=O) groups excluding carboxylic acids is 1. The number of ether oxygens (including phenoxy) is 1. The van der Waals surface area contributed by atoms with Crippen LogP contribution in [0.1, 0.15) is 16.2 Å². The molecule has 0 aliphatic carbocycles. The fraction of sp³-hybridized carbons (Fsp3) is 0.0556. The van der Waals surface area contributed by atoms with Gasteiger partial charge in [-0.1, -0.05) is 24.3 Å². The summed E-state index contributed by atoms with van der Waals surface area (Å²) in [5.74, 6) is -0.139. The predicted molar refractivity (Wildman–Crippen MR) is 94.6 cm³/mol. The van der Waals surface area contributed by atoms with Crippen molar-refractivity contribution in [3.63, 3.8) is 0 Å². The molecule has 0 spiro atoms. The minimum absolute atomic E-state index is 0.224. The number of rotatable bonds is 5. The number of esters is 1. The smallest absolute Gasteiger partial charge is 0.337 e. The average molecular weight is 346 g/mol. The Morgan fingerprint density at radius 3 is 2.35 bits per heavy atom. The number of benzene rings is 2. The van der Waals surface area contributed by atoms with E-state index in [0.29, 0.717) is 5.56 Å². The minimum atomic E-state index is -0.363. The van der Waals surface area contributed by atoms with E-state index in [-0.39, 0.29) is 17.4 Å². The molecule has 0 saturated carbocycles. The summed E-state index contributed by atoms with van der Waals surface area (Å²) in [6, 6.07) is 16.8. The average Bonchev–Trinajstić information content (AvgIpc) is 3.23. The lowest BCUT2D eigenvalue weighted by Crippen LogP contribution is -2.00. The molecule has 0 unspecified atom stereocenters. The van der Waals surface area contributed by atoms with Crippen LogP contribution in [0.2, 0.25) is 0 Å². The van der Waals surface area contributed by atoms with Crippen molar-refractivity contribution in [3.8, 4) is 17.2 Å². The first-order chi connectivity index (χ1) is 12.7. The fourth-order valence-electron chi connectivity index (χ4n) is 2.25. The Bertz CT molecular complexity index is 954. The maximum absolute atomic E-state index is 11.5. The molecule has 2 aromatic carbocycles. The Labute approximate surface area is 149 Å². The number of allylic oxidation sites excluding steroid dienone is 1. The zero-order chi connectivity index (χ0) is 18.4. The number of nitrogens with zero attached hydrogens (tertiary/aromatic N) is 4. The lowest BCUT2D eigenvalue weighted by atomic mass is 10.0. The van der Waals surface area contributed by atoms with Gasteiger partial charge in [-0.05, 0) is 40.6 Å². The van der Waals surface area contributed by atoms with Gasteiger partial charge < -0.3 is 10.1 Å². The first-order valence-corrected chi connectivity index (χ1v) is 7.60. The van der Waals surface area contributed by atoms with Gasteiger partial charge in [-0.25, -0.2) is 4.79 Å². The van der Waals surface area contributed by atoms with Gasteiger partial charge in [0.1, 0.15) is 11.6 Å². The number of aromatic amines is 1. The summed E-state index contributed by atoms with van der Waals surface area (Å²) in [6.45, 7) is 0. The molecule has 0 amide bonds. The zero-order valence-electron chi connectivity index (χ0n) is 13.8. The molecule has 8 nitrogen and oxygen atoms in total. The number of H-pyrrole nitrogens is 1. The second kappa shape index (κ2) is 7.72. The third-order valence-electron chi connectivity index (χ3n) is 3.61. The molecule has 128 valence electrons. The summed E-state index contributed by atoms with van der Waals surface area (Å²) in [6.07, 6.45) is 1.52. The quantitative estimate of drug-likeness (QED) is 0.539. The van der Waals surface area contributed by atoms with Crippen LogP contribution in [-0.4, -0.2) is 33.7 Å². The minimum Gasteiger partial charge on any atom is -0.465 e. The molecule has 1 aromatic heterocycles. The number of hydrogen-bond acceptors (Lipinski definition) is 7. The lowest BCUT2D eigenvalue weighted by Gasteiger charge is -2.06. The van der Waals surface area contributed by atoms with E-state index in [4.69, 9.17) is 5.26 Å². The van der Waals surface area contributed by atoms with Crippen molar-refractivity contribution in [1.29, 1.82) is 5.26 Å². The number of aromatic nitrogens is 4. The number of anilines is 1. The molecule has 2 N–H and O–H groups in total. The Morgan fingerprint density at radius 1 is 1.15 bits per heavy atom. The third-order valence-corrected chi connectivity index (χ3v) is 3.61. The second-order valence-electron chi connectivity index (χ2n) is 5.20. The van der Waals surface area contributed by atoms with Gasteiger partial charge in [0.05, 0.1) is 12.7 Å². The van der Waals surface area contributed by atoms with Crippen LogP contribution < -0.4 is 5.32 Å². The highest BCUT2D eigenvalue weighted by Gasteiger charge is 2.06. The van der Waals surface area contributed by atoms with Gasteiger partial charge in [0.2, 0.25) is 5.82 Å². The summed E-state index contributed by atoms with van der Waals surface area (Å²) in [4.78, 5) is 11.5. The largest absolute Gasteiger partial charge is 0.465 e. The van der Waals surface area contributed by atoms with E-state index in [2.05, 4.69) is 30.7 Å². The summed E-state index contributed by atoms with van der Waals surface area (Å²) >= 11 is 0. The van der Waals surface area contributed by atoms with Crippen LogP contribution in [0.5, 0.6) is 0 Å². The van der Waals surface area contributed by atoms with Crippen molar-refractivity contribution in [2.75, 3.05) is 12.4 Å². The van der Waals surface area contributed by atoms with Gasteiger partial charge in [-0.2, -0.15) is 10.5 Å². The highest BCUT2D eigenvalue weighted by Crippen LogP contribution is 2.22. The Balaban J connectivity index is 1.72. The number of hydrogen-bond donors (Lipinski definition) is 2. The molecule has 0 bridgehead atoms. The van der Waals surface area contributed by atoms with Crippen molar-refractivity contribution in [1.82, 2.24) is 20.6 Å². The molecular formula is C18H14N6O2. The van der Waals surface area contributed by atoms with Crippen LogP contribution in [0.15, 0.2) is 54.7 Å². The first-order valence-electron chi connectivity index (χ1n) is 7.60. The summed E-state index contributed by atoms with van der Waals surface area (Å²) in [7, 11) is 1.35. The van der Waals surface area contributed by atoms with Crippen LogP contribution in [0, 0.1) is 11.3 Å². The van der Waals surface area contributed by atoms with E-state index in [9.17, 15) is 4.79 Å². The van der Waals surface area contributed by atoms with Crippen LogP contribution in [0.4, 0.5) is 5.69 Å². The maximum atomic E-state index is 11.5. The predicted octanol–water partition coefficient (Wildman–Crippen LogP) is 2.63. The highest BCUT2D eigenvalue weighted by atomic mass is 16.5. The molecular weight excluding hydrogens is 332 g/mol. The Morgan fingerprint density at radius 2 is 1.81 bits per heavy atom. The van der Waals surface area contributed by atoms with Crippen LogP contribution in [0.25, 0.3) is 16.7 Å². The topological polar surface area (TPSA) is 117 Å². The Kier molecular flexibility index (Phi) is 5.00. The van der Waals surface area contributed by atoms with Gasteiger partial charge in [0.15, 0.2) is 0 Å². The van der Waals surface area contributed by atoms with E-state index in [0.717, 1.165) is 16.8 Å². The maximum Gasteiger partial charge on any atom is 0.337 e. The molecule has 0 atom stereocenters. The number of nitrogens with one attached hydrogen (secondary N) is 2. The molecule has 8 heteroatoms. The first kappa shape index (κ1) is 16.9. The SMILES string of the molecule is COC(=O)c1ccc(-c2ccc(NC=C(C#N)c3nn[nH]n3)cc2)cc1. The van der Waals surface area contributed by atoms with Gasteiger partial charge >= 0.3 is 5.97 Å². The molecule has 0 radical (unpaired) electrons. The third kappa shape index (κ3) is 3.73. The van der Waals surface area contributed by atoms with E-state index in [1.54, 1.807) is 12.1 Å². The van der Waals surface area contributed by atoms with E-state index < -0.39 is 0 Å². The van der Waals surface area contributed by atoms with E-state index >= 15 is 0 Å². The molecule has 1 heterocycles. The zero-order valence-corrected chi connectivity index (χ0v) is 13.8. The molecule has 0 aliphatic heterocycles. The van der Waals surface area contributed by atoms with Gasteiger partial charge in [0, 0.05) is 11.9 Å².